The molecule has 2 nitrogen and oxygen atoms in total. The molecule has 1 aromatic carbocycles. The molecule has 0 aromatic heterocycles. The number of aryl methyl sites for hydroxylation is 2. The monoisotopic (exact) mass is 277 g/mol. The summed E-state index contributed by atoms with van der Waals surface area (Å²) >= 11 is 1.65. The third kappa shape index (κ3) is 4.57. The largest absolute Gasteiger partial charge is 0.355 e. The quantitative estimate of drug-likeness (QED) is 0.610. The number of nitrogens with one attached hydrogen (secondary N) is 1. The Hall–Kier alpha value is -0.960. The molecule has 0 saturated carbocycles. The Labute approximate surface area is 120 Å². The van der Waals surface area contributed by atoms with E-state index >= 15 is 0 Å². The summed E-state index contributed by atoms with van der Waals surface area (Å²) in [5.74, 6) is 0.687. The van der Waals surface area contributed by atoms with Crippen molar-refractivity contribution >= 4 is 17.7 Å². The van der Waals surface area contributed by atoms with E-state index in [4.69, 9.17) is 0 Å². The Morgan fingerprint density at radius 2 is 2.11 bits per heavy atom. The van der Waals surface area contributed by atoms with Gasteiger partial charge < -0.3 is 5.32 Å². The Morgan fingerprint density at radius 3 is 2.95 bits per heavy atom. The number of thioether (sulfide) groups is 1. The van der Waals surface area contributed by atoms with Crippen molar-refractivity contribution in [2.75, 3.05) is 12.3 Å². The third-order valence-electron chi connectivity index (χ3n) is 3.54. The van der Waals surface area contributed by atoms with Crippen molar-refractivity contribution in [2.24, 2.45) is 0 Å². The van der Waals surface area contributed by atoms with E-state index < -0.39 is 0 Å². The van der Waals surface area contributed by atoms with E-state index in [2.05, 4.69) is 30.4 Å². The Morgan fingerprint density at radius 1 is 1.26 bits per heavy atom. The molecule has 2 rings (SSSR count). The smallest absolute Gasteiger partial charge is 0.230 e. The first-order valence-corrected chi connectivity index (χ1v) is 8.29. The van der Waals surface area contributed by atoms with Gasteiger partial charge in [0.05, 0.1) is 5.75 Å². The van der Waals surface area contributed by atoms with Gasteiger partial charge in [-0.15, -0.1) is 11.8 Å². The second-order valence-corrected chi connectivity index (χ2v) is 6.18. The summed E-state index contributed by atoms with van der Waals surface area (Å²) in [7, 11) is 0. The minimum atomic E-state index is 0.154. The van der Waals surface area contributed by atoms with Crippen molar-refractivity contribution in [2.45, 2.75) is 50.3 Å². The summed E-state index contributed by atoms with van der Waals surface area (Å²) in [5.41, 5.74) is 2.97. The zero-order chi connectivity index (χ0) is 13.5. The van der Waals surface area contributed by atoms with Crippen LogP contribution in [-0.2, 0) is 17.6 Å². The molecule has 104 valence electrons. The van der Waals surface area contributed by atoms with Gasteiger partial charge in [-0.25, -0.2) is 0 Å². The van der Waals surface area contributed by atoms with Crippen LogP contribution in [0.25, 0.3) is 0 Å². The molecule has 0 atom stereocenters. The van der Waals surface area contributed by atoms with Gasteiger partial charge in [-0.1, -0.05) is 25.8 Å². The van der Waals surface area contributed by atoms with E-state index in [0.29, 0.717) is 5.75 Å². The molecule has 1 N–H and O–H groups in total. The van der Waals surface area contributed by atoms with Crippen molar-refractivity contribution in [1.82, 2.24) is 5.32 Å². The highest BCUT2D eigenvalue weighted by Crippen LogP contribution is 2.27. The first-order valence-electron chi connectivity index (χ1n) is 7.31. The lowest BCUT2D eigenvalue weighted by Crippen LogP contribution is -2.26. The van der Waals surface area contributed by atoms with Crippen LogP contribution in [0.1, 0.15) is 43.7 Å². The van der Waals surface area contributed by atoms with Crippen molar-refractivity contribution in [3.05, 3.63) is 29.3 Å². The molecule has 19 heavy (non-hydrogen) atoms. The summed E-state index contributed by atoms with van der Waals surface area (Å²) < 4.78 is 0. The van der Waals surface area contributed by atoms with Crippen LogP contribution >= 0.6 is 11.8 Å². The van der Waals surface area contributed by atoms with Gasteiger partial charge in [-0.2, -0.15) is 0 Å². The number of amides is 1. The number of benzene rings is 1. The molecule has 1 amide bonds. The maximum atomic E-state index is 11.7. The highest BCUT2D eigenvalue weighted by molar-refractivity contribution is 8.00. The number of hydrogen-bond acceptors (Lipinski definition) is 2. The fourth-order valence-corrected chi connectivity index (χ4v) is 3.23. The van der Waals surface area contributed by atoms with E-state index in [-0.39, 0.29) is 5.91 Å². The van der Waals surface area contributed by atoms with E-state index in [1.807, 2.05) is 0 Å². The number of unbranched alkanes of at least 4 members (excludes halogenated alkanes) is 2. The molecule has 1 aromatic rings. The van der Waals surface area contributed by atoms with Gasteiger partial charge >= 0.3 is 0 Å². The first-order chi connectivity index (χ1) is 9.29. The summed E-state index contributed by atoms with van der Waals surface area (Å²) in [6.45, 7) is 2.99. The van der Waals surface area contributed by atoms with Crippen LogP contribution < -0.4 is 5.32 Å². The first kappa shape index (κ1) is 14.4. The van der Waals surface area contributed by atoms with Crippen LogP contribution in [0.5, 0.6) is 0 Å². The highest BCUT2D eigenvalue weighted by atomic mass is 32.2. The number of carbonyl (C=O) groups is 1. The van der Waals surface area contributed by atoms with E-state index in [0.717, 1.165) is 13.0 Å². The molecule has 0 spiro atoms. The maximum absolute atomic E-state index is 11.7. The van der Waals surface area contributed by atoms with Gasteiger partial charge in [0.25, 0.3) is 0 Å². The molecule has 0 heterocycles. The van der Waals surface area contributed by atoms with Crippen LogP contribution in [0.15, 0.2) is 23.1 Å². The summed E-state index contributed by atoms with van der Waals surface area (Å²) in [6, 6.07) is 6.64. The lowest BCUT2D eigenvalue weighted by Gasteiger charge is -2.06. The average molecular weight is 277 g/mol. The molecule has 0 aliphatic heterocycles. The van der Waals surface area contributed by atoms with E-state index in [1.54, 1.807) is 11.8 Å². The van der Waals surface area contributed by atoms with Crippen LogP contribution in [0.3, 0.4) is 0 Å². The Balaban J connectivity index is 1.71. The highest BCUT2D eigenvalue weighted by Gasteiger charge is 2.11. The Bertz CT molecular complexity index is 431. The van der Waals surface area contributed by atoms with Gasteiger partial charge in [0.1, 0.15) is 0 Å². The SMILES string of the molecule is CCCCCNC(=O)CSc1ccc2c(c1)CCC2. The second-order valence-electron chi connectivity index (χ2n) is 5.13. The van der Waals surface area contributed by atoms with Gasteiger partial charge in [0, 0.05) is 11.4 Å². The van der Waals surface area contributed by atoms with E-state index in [1.165, 1.54) is 48.1 Å². The molecule has 3 heteroatoms. The fraction of sp³-hybridized carbons (Fsp3) is 0.562. The molecular weight excluding hydrogens is 254 g/mol. The third-order valence-corrected chi connectivity index (χ3v) is 4.54. The van der Waals surface area contributed by atoms with Crippen LogP contribution in [0, 0.1) is 0 Å². The van der Waals surface area contributed by atoms with Gasteiger partial charge in [0.15, 0.2) is 0 Å². The molecule has 0 saturated heterocycles. The van der Waals surface area contributed by atoms with Crippen LogP contribution in [0.4, 0.5) is 0 Å². The fourth-order valence-electron chi connectivity index (χ4n) is 2.44. The molecule has 0 bridgehead atoms. The predicted octanol–water partition coefficient (Wildman–Crippen LogP) is 3.57. The summed E-state index contributed by atoms with van der Waals surface area (Å²) in [4.78, 5) is 12.9. The average Bonchev–Trinajstić information content (AvgIpc) is 2.89. The minimum Gasteiger partial charge on any atom is -0.355 e. The molecular formula is C16H23NOS. The zero-order valence-corrected chi connectivity index (χ0v) is 12.5. The van der Waals surface area contributed by atoms with Gasteiger partial charge in [-0.3, -0.25) is 4.79 Å². The summed E-state index contributed by atoms with van der Waals surface area (Å²) in [6.07, 6.45) is 7.18. The molecule has 0 radical (unpaired) electrons. The number of hydrogen-bond donors (Lipinski definition) is 1. The molecule has 1 aliphatic carbocycles. The maximum Gasteiger partial charge on any atom is 0.230 e. The lowest BCUT2D eigenvalue weighted by atomic mass is 10.1. The lowest BCUT2D eigenvalue weighted by molar-refractivity contribution is -0.118. The van der Waals surface area contributed by atoms with Crippen LogP contribution in [-0.4, -0.2) is 18.2 Å². The normalized spacial score (nSPS) is 13.3. The standard InChI is InChI=1S/C16H23NOS/c1-2-3-4-10-17-16(18)12-19-15-9-8-13-6-5-7-14(13)11-15/h8-9,11H,2-7,10,12H2,1H3,(H,17,18). The predicted molar refractivity (Wildman–Crippen MR) is 81.7 cm³/mol. The number of rotatable bonds is 7. The van der Waals surface area contributed by atoms with Gasteiger partial charge in [-0.05, 0) is 48.9 Å². The van der Waals surface area contributed by atoms with E-state index in [9.17, 15) is 4.79 Å². The second kappa shape index (κ2) is 7.59. The minimum absolute atomic E-state index is 0.154. The number of fused-ring (bicyclic) bond motifs is 1. The molecule has 1 aliphatic rings. The number of carbonyl (C=O) groups excluding carboxylic acids is 1. The molecule has 0 fully saturated rings. The Kier molecular flexibility index (Phi) is 5.77. The summed E-state index contributed by atoms with van der Waals surface area (Å²) in [5, 5.41) is 2.98. The topological polar surface area (TPSA) is 29.1 Å². The van der Waals surface area contributed by atoms with Crippen molar-refractivity contribution in [1.29, 1.82) is 0 Å². The van der Waals surface area contributed by atoms with Gasteiger partial charge in [0.2, 0.25) is 5.91 Å². The van der Waals surface area contributed by atoms with Crippen molar-refractivity contribution in [3.8, 4) is 0 Å². The van der Waals surface area contributed by atoms with Crippen LogP contribution in [0.2, 0.25) is 0 Å². The molecule has 0 unspecified atom stereocenters. The zero-order valence-electron chi connectivity index (χ0n) is 11.7. The van der Waals surface area contributed by atoms with Crippen molar-refractivity contribution < 1.29 is 4.79 Å². The van der Waals surface area contributed by atoms with Crippen molar-refractivity contribution in [3.63, 3.8) is 0 Å².